The van der Waals surface area contributed by atoms with Crippen LogP contribution in [0.4, 0.5) is 11.6 Å². The molecule has 7 nitrogen and oxygen atoms in total. The minimum Gasteiger partial charge on any atom is -0.339 e. The van der Waals surface area contributed by atoms with Crippen LogP contribution < -0.4 is 5.32 Å². The van der Waals surface area contributed by atoms with Crippen LogP contribution in [-0.4, -0.2) is 63.5 Å². The van der Waals surface area contributed by atoms with Crippen LogP contribution in [0, 0.1) is 0 Å². The second-order valence-corrected chi connectivity index (χ2v) is 10.4. The number of nitrogens with one attached hydrogen (secondary N) is 1. The SMILES string of the molecule is CCCCCCSc1ccc(-c2ccnc(Nc3ccc(C(=O)N4CCN(C(C)=O)CC4)cc3)n2)cc1. The third-order valence-corrected chi connectivity index (χ3v) is 7.57. The quantitative estimate of drug-likeness (QED) is 0.268. The van der Waals surface area contributed by atoms with Gasteiger partial charge in [0, 0.05) is 61.0 Å². The summed E-state index contributed by atoms with van der Waals surface area (Å²) >= 11 is 1.91. The molecule has 0 aliphatic carbocycles. The fourth-order valence-electron chi connectivity index (χ4n) is 4.25. The molecular formula is C29H35N5O2S. The number of anilines is 2. The maximum absolute atomic E-state index is 12.8. The summed E-state index contributed by atoms with van der Waals surface area (Å²) in [5.74, 6) is 1.70. The Hall–Kier alpha value is -3.39. The molecule has 3 aromatic rings. The van der Waals surface area contributed by atoms with E-state index in [2.05, 4.69) is 46.5 Å². The van der Waals surface area contributed by atoms with Crippen LogP contribution in [0.3, 0.4) is 0 Å². The lowest BCUT2D eigenvalue weighted by Gasteiger charge is -2.34. The van der Waals surface area contributed by atoms with Crippen molar-refractivity contribution in [3.8, 4) is 11.3 Å². The van der Waals surface area contributed by atoms with E-state index >= 15 is 0 Å². The van der Waals surface area contributed by atoms with Crippen LogP contribution in [0.2, 0.25) is 0 Å². The molecule has 1 N–H and O–H groups in total. The Morgan fingerprint density at radius 1 is 0.892 bits per heavy atom. The van der Waals surface area contributed by atoms with E-state index in [9.17, 15) is 9.59 Å². The lowest BCUT2D eigenvalue weighted by atomic mass is 10.1. The van der Waals surface area contributed by atoms with Crippen LogP contribution in [0.1, 0.15) is 49.9 Å². The number of hydrogen-bond acceptors (Lipinski definition) is 6. The number of nitrogens with zero attached hydrogens (tertiary/aromatic N) is 4. The van der Waals surface area contributed by atoms with Crippen molar-refractivity contribution in [2.75, 3.05) is 37.2 Å². The predicted octanol–water partition coefficient (Wildman–Crippen LogP) is 5.86. The van der Waals surface area contributed by atoms with Gasteiger partial charge in [-0.1, -0.05) is 38.3 Å². The van der Waals surface area contributed by atoms with Gasteiger partial charge in [0.2, 0.25) is 11.9 Å². The van der Waals surface area contributed by atoms with E-state index in [4.69, 9.17) is 0 Å². The van der Waals surface area contributed by atoms with E-state index < -0.39 is 0 Å². The molecule has 8 heteroatoms. The van der Waals surface area contributed by atoms with Crippen molar-refractivity contribution in [1.82, 2.24) is 19.8 Å². The molecule has 0 saturated carbocycles. The van der Waals surface area contributed by atoms with E-state index in [0.717, 1.165) is 22.7 Å². The molecular weight excluding hydrogens is 482 g/mol. The smallest absolute Gasteiger partial charge is 0.253 e. The molecule has 0 radical (unpaired) electrons. The second kappa shape index (κ2) is 13.2. The first-order valence-corrected chi connectivity index (χ1v) is 14.0. The molecule has 1 saturated heterocycles. The number of benzene rings is 2. The highest BCUT2D eigenvalue weighted by molar-refractivity contribution is 7.99. The Kier molecular flexibility index (Phi) is 9.54. The zero-order valence-corrected chi connectivity index (χ0v) is 22.5. The molecule has 0 atom stereocenters. The normalized spacial score (nSPS) is 13.5. The third-order valence-electron chi connectivity index (χ3n) is 6.47. The maximum Gasteiger partial charge on any atom is 0.253 e. The van der Waals surface area contributed by atoms with Gasteiger partial charge in [0.1, 0.15) is 0 Å². The van der Waals surface area contributed by atoms with Crippen molar-refractivity contribution < 1.29 is 9.59 Å². The summed E-state index contributed by atoms with van der Waals surface area (Å²) in [4.78, 5) is 38.3. The highest BCUT2D eigenvalue weighted by Gasteiger charge is 2.23. The first-order valence-electron chi connectivity index (χ1n) is 13.0. The molecule has 2 amide bonds. The Balaban J connectivity index is 1.32. The van der Waals surface area contributed by atoms with E-state index in [0.29, 0.717) is 37.7 Å². The Morgan fingerprint density at radius 3 is 2.27 bits per heavy atom. The molecule has 2 heterocycles. The van der Waals surface area contributed by atoms with Crippen molar-refractivity contribution in [2.45, 2.75) is 44.4 Å². The molecule has 0 spiro atoms. The molecule has 1 fully saturated rings. The summed E-state index contributed by atoms with van der Waals surface area (Å²) in [5.41, 5.74) is 3.34. The molecule has 2 aromatic carbocycles. The van der Waals surface area contributed by atoms with Gasteiger partial charge in [-0.3, -0.25) is 9.59 Å². The number of hydrogen-bond donors (Lipinski definition) is 1. The Labute approximate surface area is 223 Å². The minimum atomic E-state index is -0.0180. The number of unbranched alkanes of at least 4 members (excludes halogenated alkanes) is 3. The number of thioether (sulfide) groups is 1. The zero-order chi connectivity index (χ0) is 26.0. The van der Waals surface area contributed by atoms with Gasteiger partial charge in [0.25, 0.3) is 5.91 Å². The van der Waals surface area contributed by atoms with Crippen molar-refractivity contribution in [3.63, 3.8) is 0 Å². The number of carbonyl (C=O) groups excluding carboxylic acids is 2. The number of piperazine rings is 1. The van der Waals surface area contributed by atoms with E-state index in [1.165, 1.54) is 30.6 Å². The van der Waals surface area contributed by atoms with Crippen LogP contribution in [0.5, 0.6) is 0 Å². The van der Waals surface area contributed by atoms with Gasteiger partial charge in [-0.2, -0.15) is 0 Å². The van der Waals surface area contributed by atoms with Crippen molar-refractivity contribution in [2.24, 2.45) is 0 Å². The Morgan fingerprint density at radius 2 is 1.59 bits per heavy atom. The maximum atomic E-state index is 12.8. The topological polar surface area (TPSA) is 78.4 Å². The van der Waals surface area contributed by atoms with Crippen molar-refractivity contribution in [1.29, 1.82) is 0 Å². The fourth-order valence-corrected chi connectivity index (χ4v) is 5.17. The lowest BCUT2D eigenvalue weighted by Crippen LogP contribution is -2.50. The zero-order valence-electron chi connectivity index (χ0n) is 21.7. The Bertz CT molecular complexity index is 1180. The monoisotopic (exact) mass is 517 g/mol. The minimum absolute atomic E-state index is 0.0180. The fraction of sp³-hybridized carbons (Fsp3) is 0.379. The van der Waals surface area contributed by atoms with Crippen LogP contribution >= 0.6 is 11.8 Å². The third kappa shape index (κ3) is 7.55. The van der Waals surface area contributed by atoms with Gasteiger partial charge < -0.3 is 15.1 Å². The van der Waals surface area contributed by atoms with Gasteiger partial charge in [-0.05, 0) is 54.6 Å². The van der Waals surface area contributed by atoms with Crippen LogP contribution in [-0.2, 0) is 4.79 Å². The predicted molar refractivity (Wildman–Crippen MR) is 150 cm³/mol. The molecule has 0 unspecified atom stereocenters. The van der Waals surface area contributed by atoms with Crippen LogP contribution in [0.25, 0.3) is 11.3 Å². The number of aromatic nitrogens is 2. The van der Waals surface area contributed by atoms with Gasteiger partial charge in [-0.25, -0.2) is 9.97 Å². The average Bonchev–Trinajstić information content (AvgIpc) is 2.93. The van der Waals surface area contributed by atoms with Crippen LogP contribution in [0.15, 0.2) is 65.7 Å². The molecule has 1 aromatic heterocycles. The molecule has 194 valence electrons. The summed E-state index contributed by atoms with van der Waals surface area (Å²) in [6, 6.07) is 17.8. The summed E-state index contributed by atoms with van der Waals surface area (Å²) in [6.07, 6.45) is 6.89. The highest BCUT2D eigenvalue weighted by Crippen LogP contribution is 2.25. The molecule has 1 aliphatic rings. The largest absolute Gasteiger partial charge is 0.339 e. The summed E-state index contributed by atoms with van der Waals surface area (Å²) in [5, 5.41) is 3.24. The average molecular weight is 518 g/mol. The summed E-state index contributed by atoms with van der Waals surface area (Å²) in [7, 11) is 0. The first-order chi connectivity index (χ1) is 18.0. The first kappa shape index (κ1) is 26.7. The molecule has 37 heavy (non-hydrogen) atoms. The molecule has 0 bridgehead atoms. The second-order valence-electron chi connectivity index (χ2n) is 9.20. The lowest BCUT2D eigenvalue weighted by molar-refractivity contribution is -0.130. The number of carbonyl (C=O) groups is 2. The van der Waals surface area contributed by atoms with Crippen molar-refractivity contribution in [3.05, 3.63) is 66.4 Å². The summed E-state index contributed by atoms with van der Waals surface area (Å²) < 4.78 is 0. The van der Waals surface area contributed by atoms with E-state index in [1.54, 1.807) is 22.9 Å². The van der Waals surface area contributed by atoms with E-state index in [-0.39, 0.29) is 11.8 Å². The molecule has 4 rings (SSSR count). The van der Waals surface area contributed by atoms with Crippen molar-refractivity contribution >= 4 is 35.2 Å². The van der Waals surface area contributed by atoms with E-state index in [1.807, 2.05) is 42.1 Å². The van der Waals surface area contributed by atoms with Gasteiger partial charge in [0.15, 0.2) is 0 Å². The number of amides is 2. The van der Waals surface area contributed by atoms with Gasteiger partial charge >= 0.3 is 0 Å². The summed E-state index contributed by atoms with van der Waals surface area (Å²) in [6.45, 7) is 6.06. The highest BCUT2D eigenvalue weighted by atomic mass is 32.2. The van der Waals surface area contributed by atoms with Gasteiger partial charge in [-0.15, -0.1) is 11.8 Å². The standard InChI is InChI=1S/C29H35N5O2S/c1-3-4-5-6-21-37-26-13-9-23(10-14-26)27-15-16-30-29(32-27)31-25-11-7-24(8-12-25)28(36)34-19-17-33(18-20-34)22(2)35/h7-16H,3-6,17-21H2,1-2H3,(H,30,31,32). The molecule has 1 aliphatic heterocycles. The number of rotatable bonds is 10. The van der Waals surface area contributed by atoms with Gasteiger partial charge in [0.05, 0.1) is 5.69 Å².